The Balaban J connectivity index is 1.88. The van der Waals surface area contributed by atoms with Crippen molar-refractivity contribution in [3.8, 4) is 11.8 Å². The summed E-state index contributed by atoms with van der Waals surface area (Å²) in [6, 6.07) is 7.55. The van der Waals surface area contributed by atoms with Crippen molar-refractivity contribution in [2.75, 3.05) is 13.2 Å². The summed E-state index contributed by atoms with van der Waals surface area (Å²) in [7, 11) is 0. The van der Waals surface area contributed by atoms with Crippen LogP contribution in [0.4, 0.5) is 0 Å². The van der Waals surface area contributed by atoms with Gasteiger partial charge in [-0.2, -0.15) is 0 Å². The molecule has 2 unspecified atom stereocenters. The predicted molar refractivity (Wildman–Crippen MR) is 123 cm³/mol. The van der Waals surface area contributed by atoms with Crippen LogP contribution in [0, 0.1) is 17.8 Å². The van der Waals surface area contributed by atoms with Gasteiger partial charge in [-0.25, -0.2) is 4.79 Å². The number of hydrogen-bond donors (Lipinski definition) is 2. The van der Waals surface area contributed by atoms with Crippen molar-refractivity contribution in [2.45, 2.75) is 77.7 Å². The van der Waals surface area contributed by atoms with Gasteiger partial charge in [-0.05, 0) is 56.2 Å². The Morgan fingerprint density at radius 3 is 2.68 bits per heavy atom. The predicted octanol–water partition coefficient (Wildman–Crippen LogP) is 3.94. The molecule has 0 bridgehead atoms. The number of aliphatic hydroxyl groups excluding tert-OH is 2. The van der Waals surface area contributed by atoms with Gasteiger partial charge in [0.05, 0.1) is 18.3 Å². The number of aliphatic hydroxyl groups is 2. The number of carbonyl (C=O) groups is 1. The molecule has 1 heterocycles. The van der Waals surface area contributed by atoms with Gasteiger partial charge in [0.15, 0.2) is 0 Å². The van der Waals surface area contributed by atoms with E-state index in [1.165, 1.54) is 0 Å². The molecule has 5 heteroatoms. The largest absolute Gasteiger partial charge is 0.462 e. The fourth-order valence-electron chi connectivity index (χ4n) is 3.67. The molecule has 0 spiro atoms. The number of ether oxygens (including phenoxy) is 1. The Morgan fingerprint density at radius 1 is 1.26 bits per heavy atom. The van der Waals surface area contributed by atoms with Crippen LogP contribution in [-0.2, 0) is 11.2 Å². The molecule has 4 atom stereocenters. The van der Waals surface area contributed by atoms with E-state index in [0.29, 0.717) is 25.1 Å². The van der Waals surface area contributed by atoms with Crippen molar-refractivity contribution in [3.05, 3.63) is 47.5 Å². The van der Waals surface area contributed by atoms with Gasteiger partial charge in [-0.1, -0.05) is 38.1 Å². The molecule has 0 amide bonds. The molecule has 0 aromatic heterocycles. The third-order valence-corrected chi connectivity index (χ3v) is 5.69. The van der Waals surface area contributed by atoms with E-state index in [-0.39, 0.29) is 17.9 Å². The minimum Gasteiger partial charge on any atom is -0.462 e. The molecule has 0 aliphatic carbocycles. The van der Waals surface area contributed by atoms with E-state index in [2.05, 4.69) is 23.7 Å². The molecule has 170 valence electrons. The van der Waals surface area contributed by atoms with Gasteiger partial charge in [-0.3, -0.25) is 4.90 Å². The van der Waals surface area contributed by atoms with Crippen LogP contribution in [0.1, 0.15) is 68.8 Å². The number of hydrogen-bond acceptors (Lipinski definition) is 5. The summed E-state index contributed by atoms with van der Waals surface area (Å²) in [5, 5.41) is 20.8. The van der Waals surface area contributed by atoms with Crippen LogP contribution in [0.2, 0.25) is 0 Å². The summed E-state index contributed by atoms with van der Waals surface area (Å²) in [6.45, 7) is 6.98. The molecule has 1 aromatic carbocycles. The minimum atomic E-state index is -0.536. The molecular weight excluding hydrogens is 390 g/mol. The van der Waals surface area contributed by atoms with Crippen LogP contribution < -0.4 is 0 Å². The lowest BCUT2D eigenvalue weighted by molar-refractivity contribution is 0.0266. The summed E-state index contributed by atoms with van der Waals surface area (Å²) < 4.78 is 5.02. The minimum absolute atomic E-state index is 0.0818. The van der Waals surface area contributed by atoms with Gasteiger partial charge in [0.25, 0.3) is 0 Å². The Kier molecular flexibility index (Phi) is 10.8. The molecule has 2 rings (SSSR count). The van der Waals surface area contributed by atoms with Crippen LogP contribution >= 0.6 is 0 Å². The Labute approximate surface area is 187 Å². The highest BCUT2D eigenvalue weighted by atomic mass is 16.5. The molecule has 31 heavy (non-hydrogen) atoms. The van der Waals surface area contributed by atoms with Gasteiger partial charge >= 0.3 is 5.97 Å². The summed E-state index contributed by atoms with van der Waals surface area (Å²) in [4.78, 5) is 13.8. The molecular formula is C26H37NO4. The number of unbranched alkanes of at least 4 members (excludes halogenated alkanes) is 1. The van der Waals surface area contributed by atoms with E-state index in [1.807, 2.05) is 31.2 Å². The number of benzene rings is 1. The molecule has 1 fully saturated rings. The molecule has 0 saturated carbocycles. The standard InChI is InChI=1S/C26H37NO4/c1-4-6-7-8-9-20(3)24(28)16-14-23-15-17-25(29)27(23)19-18-21-10-12-22(13-11-21)26(30)31-5-2/h10-14,16,20,23-25,28-29H,4-6,9,15,17-19H2,1-3H3/b16-14+/t20?,23-,24+,25?/m0/s1. The van der Waals surface area contributed by atoms with E-state index >= 15 is 0 Å². The maximum absolute atomic E-state index is 11.8. The van der Waals surface area contributed by atoms with Crippen molar-refractivity contribution in [1.82, 2.24) is 4.90 Å². The molecule has 1 aromatic rings. The zero-order valence-electron chi connectivity index (χ0n) is 19.1. The lowest BCUT2D eigenvalue weighted by Gasteiger charge is -2.26. The maximum atomic E-state index is 11.8. The number of rotatable bonds is 10. The molecule has 1 aliphatic heterocycles. The van der Waals surface area contributed by atoms with Crippen molar-refractivity contribution in [1.29, 1.82) is 0 Å². The van der Waals surface area contributed by atoms with Gasteiger partial charge in [0, 0.05) is 25.4 Å². The van der Waals surface area contributed by atoms with E-state index < -0.39 is 12.3 Å². The zero-order chi connectivity index (χ0) is 22.6. The third kappa shape index (κ3) is 8.14. The fourth-order valence-corrected chi connectivity index (χ4v) is 3.67. The molecule has 5 nitrogen and oxygen atoms in total. The second kappa shape index (κ2) is 13.3. The van der Waals surface area contributed by atoms with Crippen molar-refractivity contribution in [2.24, 2.45) is 5.92 Å². The second-order valence-corrected chi connectivity index (χ2v) is 8.19. The van der Waals surface area contributed by atoms with Gasteiger partial charge in [0.2, 0.25) is 0 Å². The number of nitrogens with zero attached hydrogens (tertiary/aromatic N) is 1. The average molecular weight is 428 g/mol. The smallest absolute Gasteiger partial charge is 0.338 e. The molecule has 2 N–H and O–H groups in total. The zero-order valence-corrected chi connectivity index (χ0v) is 19.1. The van der Waals surface area contributed by atoms with E-state index in [4.69, 9.17) is 4.74 Å². The van der Waals surface area contributed by atoms with Gasteiger partial charge < -0.3 is 14.9 Å². The Morgan fingerprint density at radius 2 is 2.00 bits per heavy atom. The van der Waals surface area contributed by atoms with Crippen molar-refractivity contribution >= 4 is 5.97 Å². The highest BCUT2D eigenvalue weighted by molar-refractivity contribution is 5.89. The number of esters is 1. The fraction of sp³-hybridized carbons (Fsp3) is 0.577. The Hall–Kier alpha value is -2.13. The quantitative estimate of drug-likeness (QED) is 0.336. The van der Waals surface area contributed by atoms with Crippen molar-refractivity contribution in [3.63, 3.8) is 0 Å². The molecule has 1 saturated heterocycles. The van der Waals surface area contributed by atoms with Gasteiger partial charge in [0.1, 0.15) is 6.23 Å². The lowest BCUT2D eigenvalue weighted by atomic mass is 9.99. The maximum Gasteiger partial charge on any atom is 0.338 e. The molecule has 0 radical (unpaired) electrons. The first kappa shape index (κ1) is 25.1. The summed E-state index contributed by atoms with van der Waals surface area (Å²) in [5.74, 6) is 6.05. The highest BCUT2D eigenvalue weighted by Crippen LogP contribution is 2.24. The summed E-state index contributed by atoms with van der Waals surface area (Å²) in [5.41, 5.74) is 1.66. The monoisotopic (exact) mass is 427 g/mol. The van der Waals surface area contributed by atoms with Crippen molar-refractivity contribution < 1.29 is 19.7 Å². The van der Waals surface area contributed by atoms with Crippen LogP contribution in [0.25, 0.3) is 0 Å². The van der Waals surface area contributed by atoms with E-state index in [9.17, 15) is 15.0 Å². The third-order valence-electron chi connectivity index (χ3n) is 5.69. The summed E-state index contributed by atoms with van der Waals surface area (Å²) in [6.07, 6.45) is 7.89. The molecule has 1 aliphatic rings. The topological polar surface area (TPSA) is 70.0 Å². The average Bonchev–Trinajstić information content (AvgIpc) is 3.13. The first-order valence-electron chi connectivity index (χ1n) is 11.5. The normalized spacial score (nSPS) is 20.9. The van der Waals surface area contributed by atoms with Crippen LogP contribution in [0.15, 0.2) is 36.4 Å². The highest BCUT2D eigenvalue weighted by Gasteiger charge is 2.30. The first-order valence-corrected chi connectivity index (χ1v) is 11.5. The first-order chi connectivity index (χ1) is 15.0. The van der Waals surface area contributed by atoms with Crippen LogP contribution in [-0.4, -0.2) is 52.6 Å². The van der Waals surface area contributed by atoms with Crippen LogP contribution in [0.5, 0.6) is 0 Å². The Bertz CT molecular complexity index is 762. The van der Waals surface area contributed by atoms with E-state index in [1.54, 1.807) is 19.1 Å². The second-order valence-electron chi connectivity index (χ2n) is 8.19. The SMILES string of the molecule is CCCC#CCC(C)[C@H](O)/C=C/[C@H]1CCC(O)N1CCc1ccc(C(=O)OCC)cc1. The van der Waals surface area contributed by atoms with E-state index in [0.717, 1.165) is 37.7 Å². The summed E-state index contributed by atoms with van der Waals surface area (Å²) >= 11 is 0. The van der Waals surface area contributed by atoms with Crippen LogP contribution in [0.3, 0.4) is 0 Å². The lowest BCUT2D eigenvalue weighted by Crippen LogP contribution is -2.36. The van der Waals surface area contributed by atoms with Gasteiger partial charge in [-0.15, -0.1) is 11.8 Å². The number of likely N-dealkylation sites (tertiary alicyclic amines) is 1. The number of carbonyl (C=O) groups excluding carboxylic acids is 1.